The fourth-order valence-electron chi connectivity index (χ4n) is 1.33. The van der Waals surface area contributed by atoms with Crippen molar-refractivity contribution in [2.75, 3.05) is 5.32 Å². The summed E-state index contributed by atoms with van der Waals surface area (Å²) in [4.78, 5) is 14.9. The average molecular weight is 203 g/mol. The van der Waals surface area contributed by atoms with Crippen molar-refractivity contribution in [3.05, 3.63) is 23.9 Å². The topological polar surface area (TPSA) is 86.0 Å². The highest BCUT2D eigenvalue weighted by Crippen LogP contribution is 2.38. The molecular weight excluding hydrogens is 194 g/mol. The molecule has 0 amide bonds. The molecule has 1 aromatic heterocycles. The Morgan fingerprint density at radius 2 is 2.40 bits per heavy atom. The molecule has 5 heteroatoms. The number of nitrogens with one attached hydrogen (secondary N) is 1. The van der Waals surface area contributed by atoms with Crippen LogP contribution in [-0.2, 0) is 4.79 Å². The maximum absolute atomic E-state index is 10.9. The van der Waals surface area contributed by atoms with Crippen molar-refractivity contribution in [3.8, 4) is 6.07 Å². The number of anilines is 1. The van der Waals surface area contributed by atoms with Crippen LogP contribution in [0.3, 0.4) is 0 Å². The van der Waals surface area contributed by atoms with E-state index < -0.39 is 11.5 Å². The molecule has 1 heterocycles. The SMILES string of the molecule is N#Cc1ccnc(NC2(C(=O)O)CC2)c1. The van der Waals surface area contributed by atoms with E-state index in [0.29, 0.717) is 24.2 Å². The molecule has 0 unspecified atom stereocenters. The molecule has 0 spiro atoms. The number of carbonyl (C=O) groups is 1. The van der Waals surface area contributed by atoms with Gasteiger partial charge in [0.25, 0.3) is 0 Å². The molecule has 0 bridgehead atoms. The van der Waals surface area contributed by atoms with Gasteiger partial charge in [0.05, 0.1) is 11.6 Å². The van der Waals surface area contributed by atoms with E-state index in [2.05, 4.69) is 10.3 Å². The molecule has 0 radical (unpaired) electrons. The lowest BCUT2D eigenvalue weighted by molar-refractivity contribution is -0.138. The maximum atomic E-state index is 10.9. The van der Waals surface area contributed by atoms with E-state index in [0.717, 1.165) is 0 Å². The van der Waals surface area contributed by atoms with E-state index >= 15 is 0 Å². The highest BCUT2D eigenvalue weighted by atomic mass is 16.4. The number of hydrogen-bond acceptors (Lipinski definition) is 4. The Labute approximate surface area is 86.4 Å². The number of nitriles is 1. The standard InChI is InChI=1S/C10H9N3O2/c11-6-7-1-4-12-8(5-7)13-10(2-3-10)9(14)15/h1,4-5H,2-3H2,(H,12,13)(H,14,15). The Morgan fingerprint density at radius 3 is 2.93 bits per heavy atom. The van der Waals surface area contributed by atoms with Crippen LogP contribution in [0.4, 0.5) is 5.82 Å². The highest BCUT2D eigenvalue weighted by molar-refractivity contribution is 5.86. The first kappa shape index (κ1) is 9.46. The van der Waals surface area contributed by atoms with Crippen LogP contribution in [0.25, 0.3) is 0 Å². The van der Waals surface area contributed by atoms with Crippen LogP contribution in [0.2, 0.25) is 0 Å². The average Bonchev–Trinajstić information content (AvgIpc) is 2.99. The van der Waals surface area contributed by atoms with Gasteiger partial charge >= 0.3 is 5.97 Å². The first-order valence-corrected chi connectivity index (χ1v) is 4.54. The number of pyridine rings is 1. The van der Waals surface area contributed by atoms with Gasteiger partial charge in [0.15, 0.2) is 0 Å². The van der Waals surface area contributed by atoms with Crippen molar-refractivity contribution in [2.45, 2.75) is 18.4 Å². The third-order valence-corrected chi connectivity index (χ3v) is 2.42. The Bertz CT molecular complexity index is 446. The summed E-state index contributed by atoms with van der Waals surface area (Å²) < 4.78 is 0. The third-order valence-electron chi connectivity index (χ3n) is 2.42. The van der Waals surface area contributed by atoms with Crippen molar-refractivity contribution in [1.29, 1.82) is 5.26 Å². The van der Waals surface area contributed by atoms with Crippen LogP contribution in [-0.4, -0.2) is 21.6 Å². The van der Waals surface area contributed by atoms with Gasteiger partial charge in [-0.3, -0.25) is 0 Å². The minimum absolute atomic E-state index is 0.439. The van der Waals surface area contributed by atoms with E-state index in [1.807, 2.05) is 6.07 Å². The number of aromatic nitrogens is 1. The number of carboxylic acids is 1. The Kier molecular flexibility index (Phi) is 2.05. The number of rotatable bonds is 3. The molecule has 0 aliphatic heterocycles. The second-order valence-corrected chi connectivity index (χ2v) is 3.55. The van der Waals surface area contributed by atoms with Crippen LogP contribution < -0.4 is 5.32 Å². The quantitative estimate of drug-likeness (QED) is 0.764. The van der Waals surface area contributed by atoms with Gasteiger partial charge < -0.3 is 10.4 Å². The third kappa shape index (κ3) is 1.74. The van der Waals surface area contributed by atoms with Gasteiger partial charge in [0, 0.05) is 6.20 Å². The lowest BCUT2D eigenvalue weighted by atomic mass is 10.2. The molecular formula is C10H9N3O2. The predicted octanol–water partition coefficient (Wildman–Crippen LogP) is 0.982. The molecule has 1 aliphatic rings. The van der Waals surface area contributed by atoms with Gasteiger partial charge in [0.1, 0.15) is 11.4 Å². The van der Waals surface area contributed by atoms with Gasteiger partial charge in [-0.25, -0.2) is 9.78 Å². The molecule has 2 rings (SSSR count). The van der Waals surface area contributed by atoms with Gasteiger partial charge in [0.2, 0.25) is 0 Å². The van der Waals surface area contributed by atoms with Crippen LogP contribution in [0.15, 0.2) is 18.3 Å². The summed E-state index contributed by atoms with van der Waals surface area (Å²) in [5, 5.41) is 20.4. The zero-order valence-corrected chi connectivity index (χ0v) is 7.90. The van der Waals surface area contributed by atoms with Crippen LogP contribution in [0.1, 0.15) is 18.4 Å². The number of aliphatic carboxylic acids is 1. The predicted molar refractivity (Wildman–Crippen MR) is 52.2 cm³/mol. The van der Waals surface area contributed by atoms with Gasteiger partial charge in [-0.05, 0) is 25.0 Å². The van der Waals surface area contributed by atoms with E-state index in [4.69, 9.17) is 10.4 Å². The maximum Gasteiger partial charge on any atom is 0.329 e. The summed E-state index contributed by atoms with van der Waals surface area (Å²) in [6.07, 6.45) is 2.68. The van der Waals surface area contributed by atoms with E-state index in [-0.39, 0.29) is 0 Å². The van der Waals surface area contributed by atoms with Crippen LogP contribution >= 0.6 is 0 Å². The molecule has 1 saturated carbocycles. The molecule has 1 aliphatic carbocycles. The van der Waals surface area contributed by atoms with Crippen molar-refractivity contribution in [2.24, 2.45) is 0 Å². The highest BCUT2D eigenvalue weighted by Gasteiger charge is 2.50. The lowest BCUT2D eigenvalue weighted by Crippen LogP contribution is -2.31. The molecule has 5 nitrogen and oxygen atoms in total. The van der Waals surface area contributed by atoms with E-state index in [9.17, 15) is 4.79 Å². The first-order valence-electron chi connectivity index (χ1n) is 4.54. The number of carboxylic acid groups (broad SMARTS) is 1. The fraction of sp³-hybridized carbons (Fsp3) is 0.300. The summed E-state index contributed by atoms with van der Waals surface area (Å²) in [7, 11) is 0. The minimum Gasteiger partial charge on any atom is -0.480 e. The molecule has 0 saturated heterocycles. The summed E-state index contributed by atoms with van der Waals surface area (Å²) in [5.41, 5.74) is -0.394. The smallest absolute Gasteiger partial charge is 0.329 e. The van der Waals surface area contributed by atoms with Crippen molar-refractivity contribution < 1.29 is 9.90 Å². The molecule has 1 fully saturated rings. The summed E-state index contributed by atoms with van der Waals surface area (Å²) in [5.74, 6) is -0.430. The van der Waals surface area contributed by atoms with Crippen LogP contribution in [0, 0.1) is 11.3 Å². The molecule has 0 aromatic carbocycles. The van der Waals surface area contributed by atoms with Crippen molar-refractivity contribution in [1.82, 2.24) is 4.98 Å². The normalized spacial score (nSPS) is 16.5. The fourth-order valence-corrected chi connectivity index (χ4v) is 1.33. The zero-order chi connectivity index (χ0) is 10.9. The molecule has 2 N–H and O–H groups in total. The monoisotopic (exact) mass is 203 g/mol. The molecule has 15 heavy (non-hydrogen) atoms. The van der Waals surface area contributed by atoms with Gasteiger partial charge in [-0.15, -0.1) is 0 Å². The Balaban J connectivity index is 2.18. The molecule has 0 atom stereocenters. The van der Waals surface area contributed by atoms with Crippen LogP contribution in [0.5, 0.6) is 0 Å². The Hall–Kier alpha value is -2.09. The number of nitrogens with zero attached hydrogens (tertiary/aromatic N) is 2. The van der Waals surface area contributed by atoms with Crippen molar-refractivity contribution >= 4 is 11.8 Å². The first-order chi connectivity index (χ1) is 7.16. The van der Waals surface area contributed by atoms with Gasteiger partial charge in [-0.1, -0.05) is 0 Å². The van der Waals surface area contributed by atoms with Gasteiger partial charge in [-0.2, -0.15) is 5.26 Å². The number of hydrogen-bond donors (Lipinski definition) is 2. The lowest BCUT2D eigenvalue weighted by Gasteiger charge is -2.12. The Morgan fingerprint density at radius 1 is 1.67 bits per heavy atom. The van der Waals surface area contributed by atoms with E-state index in [1.54, 1.807) is 12.1 Å². The zero-order valence-electron chi connectivity index (χ0n) is 7.90. The minimum atomic E-state index is -0.869. The largest absolute Gasteiger partial charge is 0.480 e. The second kappa shape index (κ2) is 3.24. The van der Waals surface area contributed by atoms with Crippen molar-refractivity contribution in [3.63, 3.8) is 0 Å². The summed E-state index contributed by atoms with van der Waals surface area (Å²) in [6, 6.07) is 5.09. The van der Waals surface area contributed by atoms with E-state index in [1.165, 1.54) is 6.20 Å². The molecule has 76 valence electrons. The summed E-state index contributed by atoms with van der Waals surface area (Å²) >= 11 is 0. The summed E-state index contributed by atoms with van der Waals surface area (Å²) in [6.45, 7) is 0. The second-order valence-electron chi connectivity index (χ2n) is 3.55. The molecule has 1 aromatic rings.